The molecular formula is C29H28BrN7O2. The highest BCUT2D eigenvalue weighted by Gasteiger charge is 2.18. The van der Waals surface area contributed by atoms with Crippen LogP contribution in [0.2, 0.25) is 0 Å². The van der Waals surface area contributed by atoms with Crippen molar-refractivity contribution in [2.75, 3.05) is 15.5 Å². The summed E-state index contributed by atoms with van der Waals surface area (Å²) in [6.07, 6.45) is 6.95. The summed E-state index contributed by atoms with van der Waals surface area (Å²) in [6, 6.07) is 20.7. The van der Waals surface area contributed by atoms with Crippen LogP contribution < -0.4 is 15.5 Å². The van der Waals surface area contributed by atoms with Crippen LogP contribution in [0.5, 0.6) is 0 Å². The fourth-order valence-corrected chi connectivity index (χ4v) is 4.81. The Kier molecular flexibility index (Phi) is 8.12. The molecule has 198 valence electrons. The molecule has 4 aromatic rings. The van der Waals surface area contributed by atoms with Crippen molar-refractivity contribution < 1.29 is 9.59 Å². The van der Waals surface area contributed by atoms with Crippen molar-refractivity contribution >= 4 is 50.8 Å². The Balaban J connectivity index is 1.37. The SMILES string of the molecule is Cc1ccc(NC(=O)N(Cc2ccc(C(=O)Nc3nn[nH]n3)cc2)c2ccc(C3=CCCCC3)cc2)cc1Br. The zero-order valence-corrected chi connectivity index (χ0v) is 23.0. The van der Waals surface area contributed by atoms with Gasteiger partial charge in [-0.15, -0.1) is 5.10 Å². The first-order chi connectivity index (χ1) is 19.0. The lowest BCUT2D eigenvalue weighted by Gasteiger charge is -2.24. The standard InChI is InChI=1S/C29H28BrN7O2/c1-19-7-14-24(17-26(19)30)31-29(39)37(25-15-12-22(13-16-25)21-5-3-2-4-6-21)18-20-8-10-23(11-9-20)27(38)32-28-33-35-36-34-28/h5,7-17H,2-4,6,18H2,1H3,(H,31,39)(H2,32,33,34,35,36,38). The van der Waals surface area contributed by atoms with Gasteiger partial charge in [0.1, 0.15) is 0 Å². The number of aryl methyl sites for hydroxylation is 1. The van der Waals surface area contributed by atoms with Crippen molar-refractivity contribution in [3.05, 3.63) is 99.5 Å². The van der Waals surface area contributed by atoms with E-state index in [0.717, 1.165) is 34.1 Å². The van der Waals surface area contributed by atoms with Crippen molar-refractivity contribution in [1.29, 1.82) is 0 Å². The summed E-state index contributed by atoms with van der Waals surface area (Å²) in [5.41, 5.74) is 6.42. The molecule has 0 radical (unpaired) electrons. The molecule has 0 spiro atoms. The summed E-state index contributed by atoms with van der Waals surface area (Å²) in [5.74, 6) is -0.253. The molecule has 9 nitrogen and oxygen atoms in total. The van der Waals surface area contributed by atoms with E-state index >= 15 is 0 Å². The number of carbonyl (C=O) groups is 2. The molecule has 3 aromatic carbocycles. The number of nitrogens with one attached hydrogen (secondary N) is 3. The van der Waals surface area contributed by atoms with Crippen LogP contribution in [0.25, 0.3) is 5.57 Å². The molecule has 39 heavy (non-hydrogen) atoms. The lowest BCUT2D eigenvalue weighted by Crippen LogP contribution is -2.34. The molecule has 0 unspecified atom stereocenters. The van der Waals surface area contributed by atoms with E-state index in [1.165, 1.54) is 24.0 Å². The zero-order chi connectivity index (χ0) is 27.2. The Hall–Kier alpha value is -4.31. The van der Waals surface area contributed by atoms with Crippen LogP contribution >= 0.6 is 15.9 Å². The number of rotatable bonds is 7. The highest BCUT2D eigenvalue weighted by atomic mass is 79.9. The molecule has 1 heterocycles. The fourth-order valence-electron chi connectivity index (χ4n) is 4.43. The lowest BCUT2D eigenvalue weighted by molar-refractivity contribution is 0.102. The van der Waals surface area contributed by atoms with E-state index in [4.69, 9.17) is 0 Å². The summed E-state index contributed by atoms with van der Waals surface area (Å²) in [5, 5.41) is 18.8. The van der Waals surface area contributed by atoms with Gasteiger partial charge in [-0.3, -0.25) is 15.0 Å². The summed E-state index contributed by atoms with van der Waals surface area (Å²) in [7, 11) is 0. The highest BCUT2D eigenvalue weighted by Crippen LogP contribution is 2.29. The van der Waals surface area contributed by atoms with Crippen molar-refractivity contribution in [3.63, 3.8) is 0 Å². The molecule has 3 amide bonds. The third kappa shape index (κ3) is 6.58. The van der Waals surface area contributed by atoms with Crippen molar-refractivity contribution in [1.82, 2.24) is 20.6 Å². The third-order valence-corrected chi connectivity index (χ3v) is 7.49. The van der Waals surface area contributed by atoms with E-state index in [-0.39, 0.29) is 17.9 Å². The quantitative estimate of drug-likeness (QED) is 0.222. The van der Waals surface area contributed by atoms with Gasteiger partial charge in [-0.05, 0) is 96.5 Å². The summed E-state index contributed by atoms with van der Waals surface area (Å²) >= 11 is 3.54. The Bertz CT molecular complexity index is 1480. The Labute approximate surface area is 234 Å². The third-order valence-electron chi connectivity index (χ3n) is 6.64. The average molecular weight is 586 g/mol. The number of carbonyl (C=O) groups excluding carboxylic acids is 2. The van der Waals surface area contributed by atoms with Gasteiger partial charge in [0, 0.05) is 21.4 Å². The fraction of sp³-hybridized carbons (Fsp3) is 0.207. The van der Waals surface area contributed by atoms with Gasteiger partial charge in [0.25, 0.3) is 11.9 Å². The first-order valence-corrected chi connectivity index (χ1v) is 13.5. The van der Waals surface area contributed by atoms with E-state index in [2.05, 4.69) is 65.4 Å². The van der Waals surface area contributed by atoms with Crippen LogP contribution in [0.1, 0.15) is 52.7 Å². The lowest BCUT2D eigenvalue weighted by atomic mass is 9.93. The number of halogens is 1. The first kappa shape index (κ1) is 26.3. The molecule has 10 heteroatoms. The van der Waals surface area contributed by atoms with Crippen molar-refractivity contribution in [2.24, 2.45) is 0 Å². The number of H-pyrrole nitrogens is 1. The number of anilines is 3. The number of hydrogen-bond acceptors (Lipinski definition) is 5. The zero-order valence-electron chi connectivity index (χ0n) is 21.4. The second-order valence-corrected chi connectivity index (χ2v) is 10.2. The topological polar surface area (TPSA) is 116 Å². The van der Waals surface area contributed by atoms with Crippen LogP contribution in [0.3, 0.4) is 0 Å². The van der Waals surface area contributed by atoms with Gasteiger partial charge in [-0.25, -0.2) is 4.79 Å². The van der Waals surface area contributed by atoms with Crippen LogP contribution in [0.4, 0.5) is 22.1 Å². The molecule has 0 saturated heterocycles. The summed E-state index contributed by atoms with van der Waals surface area (Å²) < 4.78 is 0.923. The number of allylic oxidation sites excluding steroid dienone is 2. The minimum atomic E-state index is -0.352. The summed E-state index contributed by atoms with van der Waals surface area (Å²) in [6.45, 7) is 2.31. The molecule has 3 N–H and O–H groups in total. The largest absolute Gasteiger partial charge is 0.326 e. The predicted octanol–water partition coefficient (Wildman–Crippen LogP) is 6.72. The van der Waals surface area contributed by atoms with Gasteiger partial charge in [-0.2, -0.15) is 5.21 Å². The predicted molar refractivity (Wildman–Crippen MR) is 156 cm³/mol. The Morgan fingerprint density at radius 2 is 1.79 bits per heavy atom. The molecule has 0 aliphatic heterocycles. The maximum absolute atomic E-state index is 13.6. The number of aromatic nitrogens is 4. The van der Waals surface area contributed by atoms with E-state index in [0.29, 0.717) is 17.8 Å². The smallest absolute Gasteiger partial charge is 0.307 e. The van der Waals surface area contributed by atoms with E-state index in [1.807, 2.05) is 49.4 Å². The van der Waals surface area contributed by atoms with E-state index in [1.54, 1.807) is 17.0 Å². The van der Waals surface area contributed by atoms with Crippen molar-refractivity contribution in [3.8, 4) is 0 Å². The number of urea groups is 1. The van der Waals surface area contributed by atoms with Gasteiger partial charge < -0.3 is 5.32 Å². The van der Waals surface area contributed by atoms with Gasteiger partial charge in [0.05, 0.1) is 6.54 Å². The molecule has 0 fully saturated rings. The highest BCUT2D eigenvalue weighted by molar-refractivity contribution is 9.10. The number of benzene rings is 3. The Morgan fingerprint density at radius 1 is 1.00 bits per heavy atom. The molecule has 0 bridgehead atoms. The maximum Gasteiger partial charge on any atom is 0.326 e. The molecule has 0 atom stereocenters. The molecule has 1 aliphatic rings. The van der Waals surface area contributed by atoms with Gasteiger partial charge in [0.15, 0.2) is 0 Å². The Morgan fingerprint density at radius 3 is 2.46 bits per heavy atom. The second kappa shape index (κ2) is 12.0. The van der Waals surface area contributed by atoms with Gasteiger partial charge >= 0.3 is 6.03 Å². The minimum absolute atomic E-state index is 0.0992. The van der Waals surface area contributed by atoms with Gasteiger partial charge in [-0.1, -0.05) is 57.4 Å². The second-order valence-electron chi connectivity index (χ2n) is 9.39. The molecule has 5 rings (SSSR count). The normalized spacial score (nSPS) is 12.9. The van der Waals surface area contributed by atoms with Crippen LogP contribution in [-0.4, -0.2) is 32.6 Å². The number of hydrogen-bond donors (Lipinski definition) is 3. The molecule has 1 aromatic heterocycles. The van der Waals surface area contributed by atoms with Crippen LogP contribution in [0, 0.1) is 6.92 Å². The average Bonchev–Trinajstić information content (AvgIpc) is 3.48. The van der Waals surface area contributed by atoms with Crippen LogP contribution in [0.15, 0.2) is 77.3 Å². The monoisotopic (exact) mass is 585 g/mol. The molecule has 1 aliphatic carbocycles. The number of amides is 3. The van der Waals surface area contributed by atoms with Crippen LogP contribution in [-0.2, 0) is 6.54 Å². The van der Waals surface area contributed by atoms with Gasteiger partial charge in [0.2, 0.25) is 0 Å². The van der Waals surface area contributed by atoms with E-state index < -0.39 is 0 Å². The maximum atomic E-state index is 13.6. The molecular weight excluding hydrogens is 558 g/mol. The number of nitrogens with zero attached hydrogens (tertiary/aromatic N) is 4. The minimum Gasteiger partial charge on any atom is -0.307 e. The number of tetrazole rings is 1. The van der Waals surface area contributed by atoms with Crippen molar-refractivity contribution in [2.45, 2.75) is 39.2 Å². The van der Waals surface area contributed by atoms with E-state index in [9.17, 15) is 9.59 Å². The first-order valence-electron chi connectivity index (χ1n) is 12.7. The number of aromatic amines is 1. The summed E-state index contributed by atoms with van der Waals surface area (Å²) in [4.78, 5) is 27.7. The molecule has 0 saturated carbocycles.